The number of benzene rings is 8. The molecule has 0 atom stereocenters. The van der Waals surface area contributed by atoms with Crippen LogP contribution in [0.1, 0.15) is 99.1 Å². The minimum atomic E-state index is -0.812. The van der Waals surface area contributed by atoms with Gasteiger partial charge in [0.1, 0.15) is 5.54 Å². The molecule has 0 fully saturated rings. The molecule has 0 amide bonds. The van der Waals surface area contributed by atoms with Crippen LogP contribution in [0.15, 0.2) is 200 Å². The Labute approximate surface area is 426 Å². The van der Waals surface area contributed by atoms with Crippen molar-refractivity contribution in [2.45, 2.75) is 56.4 Å². The molecule has 0 aliphatic heterocycles. The van der Waals surface area contributed by atoms with Crippen LogP contribution in [0.5, 0.6) is 0 Å². The zero-order valence-corrected chi connectivity index (χ0v) is 42.5. The predicted molar refractivity (Wildman–Crippen MR) is 276 cm³/mol. The fourth-order valence-electron chi connectivity index (χ4n) is 12.7. The molecule has 3 aliphatic carbocycles. The summed E-state index contributed by atoms with van der Waals surface area (Å²) in [6.07, 6.45) is 5.84. The number of nitrogens with zero attached hydrogens (tertiary/aromatic N) is 3. The average molecular weight is 1080 g/mol. The van der Waals surface area contributed by atoms with E-state index in [9.17, 15) is 0 Å². The van der Waals surface area contributed by atoms with E-state index in [1.54, 1.807) is 0 Å². The summed E-state index contributed by atoms with van der Waals surface area (Å²) in [5.41, 5.74) is 21.0. The molecular formula is C66H51N3Pt-2. The molecular weight excluding hydrogens is 1030 g/mol. The Bertz CT molecular complexity index is 3600. The van der Waals surface area contributed by atoms with Crippen LogP contribution in [0.25, 0.3) is 33.4 Å². The number of rotatable bonds is 6. The first-order chi connectivity index (χ1) is 33.6. The van der Waals surface area contributed by atoms with Gasteiger partial charge in [0.25, 0.3) is 0 Å². The summed E-state index contributed by atoms with van der Waals surface area (Å²) in [4.78, 5) is 5.37. The summed E-state index contributed by atoms with van der Waals surface area (Å²) in [5.74, 6) is 0. The van der Waals surface area contributed by atoms with Gasteiger partial charge in [-0.05, 0) is 90.1 Å². The maximum atomic E-state index is 5.37. The second-order valence-electron chi connectivity index (χ2n) is 20.3. The van der Waals surface area contributed by atoms with Gasteiger partial charge >= 0.3 is 0 Å². The van der Waals surface area contributed by atoms with Crippen LogP contribution >= 0.6 is 0 Å². The first-order valence-electron chi connectivity index (χ1n) is 24.2. The normalized spacial score (nSPS) is 14.9. The van der Waals surface area contributed by atoms with Crippen LogP contribution in [0, 0.1) is 32.3 Å². The Morgan fingerprint density at radius 3 is 1.26 bits per heavy atom. The van der Waals surface area contributed by atoms with Gasteiger partial charge < -0.3 is 9.13 Å². The minimum absolute atomic E-state index is 0. The first-order valence-corrected chi connectivity index (χ1v) is 24.2. The molecule has 4 heteroatoms. The molecule has 0 N–H and O–H groups in total. The first kappa shape index (κ1) is 44.0. The molecule has 0 unspecified atom stereocenters. The molecule has 0 spiro atoms. The van der Waals surface area contributed by atoms with Gasteiger partial charge in [0.2, 0.25) is 6.33 Å². The largest absolute Gasteiger partial charge is 0.351 e. The summed E-state index contributed by atoms with van der Waals surface area (Å²) in [6, 6.07) is 80.7. The average Bonchev–Trinajstić information content (AvgIpc) is 4.06. The summed E-state index contributed by atoms with van der Waals surface area (Å²) in [5, 5.41) is 0. The molecule has 2 aromatic heterocycles. The number of hydrogen-bond acceptors (Lipinski definition) is 1. The number of imidazole rings is 1. The molecule has 0 bridgehead atoms. The zero-order valence-electron chi connectivity index (χ0n) is 40.2. The Hall–Kier alpha value is -7.19. The Kier molecular flexibility index (Phi) is 10.0. The second-order valence-corrected chi connectivity index (χ2v) is 20.3. The Balaban J connectivity index is 0.00000505. The second kappa shape index (κ2) is 15.9. The molecule has 10 aromatic rings. The zero-order chi connectivity index (χ0) is 46.9. The molecule has 13 rings (SSSR count). The van der Waals surface area contributed by atoms with E-state index in [0.29, 0.717) is 0 Å². The van der Waals surface area contributed by atoms with Gasteiger partial charge in [0.15, 0.2) is 0 Å². The number of fused-ring (bicyclic) bond motifs is 9. The van der Waals surface area contributed by atoms with E-state index in [4.69, 9.17) is 4.98 Å². The summed E-state index contributed by atoms with van der Waals surface area (Å²) in [7, 11) is 2.10. The van der Waals surface area contributed by atoms with Crippen LogP contribution in [-0.4, -0.2) is 9.55 Å². The molecule has 0 saturated heterocycles. The van der Waals surface area contributed by atoms with Gasteiger partial charge in [0.05, 0.1) is 18.2 Å². The van der Waals surface area contributed by atoms with Crippen LogP contribution in [0.3, 0.4) is 0 Å². The summed E-state index contributed by atoms with van der Waals surface area (Å²) < 4.78 is 4.52. The molecule has 0 radical (unpaired) electrons. The monoisotopic (exact) mass is 1080 g/mol. The standard InChI is InChI=1S/C66H51N3.Pt/c1-43-44(2)69(42-68(43)6)66(60-35-17-11-29-54(60)55-30-12-18-36-61(55)66)49-24-20-22-47(40-49)64(56-31-13-7-25-50(56)51-26-8-14-32-57(51)64)46-21-19-23-48(39-46)65(62-41-45(37-38-67-62)63(3,4)5)58-33-15-9-27-52(58)53-28-10-16-34-59(53)65;/h7-38,41H,1-6H3;/q-2;. The maximum absolute atomic E-state index is 5.37. The number of pyridine rings is 1. The van der Waals surface area contributed by atoms with E-state index in [0.717, 1.165) is 33.6 Å². The number of aromatic nitrogens is 3. The fraction of sp³-hybridized carbons (Fsp3) is 0.152. The van der Waals surface area contributed by atoms with Crippen molar-refractivity contribution in [3.05, 3.63) is 297 Å². The summed E-state index contributed by atoms with van der Waals surface area (Å²) >= 11 is 0. The number of hydrogen-bond donors (Lipinski definition) is 0. The van der Waals surface area contributed by atoms with Gasteiger partial charge in [0, 0.05) is 43.8 Å². The SMILES string of the molecule is Cc1c(C)[n+](C)[c-]n1C1(c2[c-]c(C3(c4[c-]c(C5(c6cc(C(C)(C)C)ccn6)c6ccccc6-c6ccccc65)ccc4)c4ccccc4-c4ccccc43)ccc2)c2ccccc2-c2ccccc21.[Pt]. The third-order valence-corrected chi connectivity index (χ3v) is 16.0. The Morgan fingerprint density at radius 1 is 0.457 bits per heavy atom. The van der Waals surface area contributed by atoms with Crippen molar-refractivity contribution in [3.63, 3.8) is 0 Å². The van der Waals surface area contributed by atoms with Gasteiger partial charge in [-0.2, -0.15) is 48.5 Å². The maximum Gasteiger partial charge on any atom is 0.205 e. The smallest absolute Gasteiger partial charge is 0.205 e. The van der Waals surface area contributed by atoms with Crippen LogP contribution < -0.4 is 4.57 Å². The minimum Gasteiger partial charge on any atom is -0.351 e. The Morgan fingerprint density at radius 2 is 0.829 bits per heavy atom. The predicted octanol–water partition coefficient (Wildman–Crippen LogP) is 13.6. The van der Waals surface area contributed by atoms with E-state index in [-0.39, 0.29) is 26.5 Å². The molecule has 70 heavy (non-hydrogen) atoms. The molecule has 3 aliphatic rings. The van der Waals surface area contributed by atoms with E-state index in [1.807, 2.05) is 6.20 Å². The van der Waals surface area contributed by atoms with Crippen molar-refractivity contribution in [2.24, 2.45) is 7.05 Å². The van der Waals surface area contributed by atoms with Gasteiger partial charge in [-0.1, -0.05) is 180 Å². The van der Waals surface area contributed by atoms with Crippen molar-refractivity contribution in [1.29, 1.82) is 0 Å². The third-order valence-electron chi connectivity index (χ3n) is 16.0. The van der Waals surface area contributed by atoms with Crippen molar-refractivity contribution in [1.82, 2.24) is 9.55 Å². The topological polar surface area (TPSA) is 21.7 Å². The summed E-state index contributed by atoms with van der Waals surface area (Å²) in [6.45, 7) is 11.3. The van der Waals surface area contributed by atoms with Crippen molar-refractivity contribution >= 4 is 0 Å². The van der Waals surface area contributed by atoms with E-state index >= 15 is 0 Å². The molecule has 8 aromatic carbocycles. The van der Waals surface area contributed by atoms with E-state index < -0.39 is 16.4 Å². The van der Waals surface area contributed by atoms with Crippen LogP contribution in [0.2, 0.25) is 0 Å². The molecule has 2 heterocycles. The van der Waals surface area contributed by atoms with Gasteiger partial charge in [-0.15, -0.1) is 22.3 Å². The van der Waals surface area contributed by atoms with Crippen LogP contribution in [0.4, 0.5) is 0 Å². The fourth-order valence-corrected chi connectivity index (χ4v) is 12.7. The molecule has 0 saturated carbocycles. The number of aryl methyl sites for hydroxylation is 1. The van der Waals surface area contributed by atoms with Crippen molar-refractivity contribution in [2.75, 3.05) is 0 Å². The molecule has 342 valence electrons. The van der Waals surface area contributed by atoms with E-state index in [2.05, 4.69) is 263 Å². The van der Waals surface area contributed by atoms with Crippen molar-refractivity contribution in [3.8, 4) is 33.4 Å². The molecule has 3 nitrogen and oxygen atoms in total. The van der Waals surface area contributed by atoms with Gasteiger partial charge in [-0.25, -0.2) is 0 Å². The van der Waals surface area contributed by atoms with E-state index in [1.165, 1.54) is 78.0 Å². The van der Waals surface area contributed by atoms with Crippen LogP contribution in [-0.2, 0) is 49.9 Å². The van der Waals surface area contributed by atoms with Gasteiger partial charge in [-0.3, -0.25) is 4.98 Å². The quantitative estimate of drug-likeness (QED) is 0.120. The van der Waals surface area contributed by atoms with Crippen molar-refractivity contribution < 1.29 is 25.6 Å². The third kappa shape index (κ3) is 5.73.